The summed E-state index contributed by atoms with van der Waals surface area (Å²) in [6.45, 7) is 41.5. The van der Waals surface area contributed by atoms with E-state index >= 15 is 0 Å². The minimum Gasteiger partial charge on any atom is -0.497 e. The van der Waals surface area contributed by atoms with E-state index in [0.29, 0.717) is 75.8 Å². The van der Waals surface area contributed by atoms with Gasteiger partial charge in [0.15, 0.2) is 0 Å². The van der Waals surface area contributed by atoms with Crippen molar-refractivity contribution in [3.05, 3.63) is 95.6 Å². The lowest BCUT2D eigenvalue weighted by Gasteiger charge is -2.33. The Morgan fingerprint density at radius 1 is 0.468 bits per heavy atom. The van der Waals surface area contributed by atoms with Crippen LogP contribution in [0.3, 0.4) is 0 Å². The molecule has 6 rings (SSSR count). The van der Waals surface area contributed by atoms with Gasteiger partial charge in [0.25, 0.3) is 0 Å². The number of carboxylic acids is 1. The number of aliphatic hydroxyl groups is 2. The smallest absolute Gasteiger partial charge is 0.408 e. The van der Waals surface area contributed by atoms with Crippen molar-refractivity contribution in [2.45, 2.75) is 370 Å². The highest BCUT2D eigenvalue weighted by Gasteiger charge is 2.45. The van der Waals surface area contributed by atoms with Crippen LogP contribution in [0.4, 0.5) is 9.59 Å². The first-order valence-electron chi connectivity index (χ1n) is 50.1. The summed E-state index contributed by atoms with van der Waals surface area (Å²) >= 11 is 0. The Kier molecular flexibility index (Phi) is 55.2. The zero-order valence-electron chi connectivity index (χ0n) is 88.7. The number of nitrogens with one attached hydrogen (secondary N) is 9. The number of hydrogen-bond acceptors (Lipinski definition) is 26. The lowest BCUT2D eigenvalue weighted by atomic mass is 9.91. The van der Waals surface area contributed by atoms with Gasteiger partial charge < -0.3 is 111 Å². The van der Waals surface area contributed by atoms with E-state index in [1.807, 2.05) is 97.9 Å². The van der Waals surface area contributed by atoms with E-state index in [4.69, 9.17) is 37.9 Å². The number of ether oxygens (including phenoxy) is 8. The molecular formula is C104H170N12O25. The Morgan fingerprint density at radius 3 is 1.20 bits per heavy atom. The number of amides is 10. The number of alkyl carbamates (subject to hydrolysis) is 2. The number of methoxy groups -OCH3 is 2. The fourth-order valence-electron chi connectivity index (χ4n) is 15.8. The van der Waals surface area contributed by atoms with Gasteiger partial charge in [-0.1, -0.05) is 164 Å². The molecule has 796 valence electrons. The van der Waals surface area contributed by atoms with E-state index in [2.05, 4.69) is 47.9 Å². The Morgan fingerprint density at radius 2 is 0.851 bits per heavy atom. The third kappa shape index (κ3) is 44.3. The minimum absolute atomic E-state index is 0.0632. The number of aliphatic carboxylic acids is 1. The highest BCUT2D eigenvalue weighted by atomic mass is 16.6. The number of benzene rings is 3. The summed E-state index contributed by atoms with van der Waals surface area (Å²) in [6, 6.07) is 10.8. The average Bonchev–Trinajstić information content (AvgIpc) is 1.75. The second kappa shape index (κ2) is 62.6. The van der Waals surface area contributed by atoms with Gasteiger partial charge in [0.1, 0.15) is 102 Å². The highest BCUT2D eigenvalue weighted by molar-refractivity contribution is 5.96. The molecule has 3 aliphatic heterocycles. The van der Waals surface area contributed by atoms with Crippen LogP contribution in [0.2, 0.25) is 0 Å². The molecule has 10 amide bonds. The molecule has 0 saturated carbocycles. The fourth-order valence-corrected chi connectivity index (χ4v) is 15.8. The van der Waals surface area contributed by atoms with Crippen LogP contribution in [0.5, 0.6) is 11.5 Å². The SMILES string of the molecule is C1CCOC1.CC.CC[C@H](C)[C@@H](NC(=O)[C@@H](NC(=O)OC(C)(C)C)[C@@H](C)OC(=O)[C@H](Cc1ccc(OC)cc1)N(C)C)[C@@H](O)CC(=O)N[C@H](C(=O)N[C@@H](CCC(C)C)C(=O)N1CCC[C@H]1C(=O)OCc1ccccc1)C(C)C.CC[C@H](C)[C@@H](NC(=O)[C@@H](NC(=O)OC(C)(C)C)[C@@H](C)OC(=O)[C@H](Cc1ccc(OC)cc1)NC)[C@@H](O)CC(=O)N[C@H](C(=O)N[C@@H](CCC(C)C)C(=O)N1CCC[C@H]1C(=O)O)C(C)C. The van der Waals surface area contributed by atoms with Crippen molar-refractivity contribution in [1.29, 1.82) is 0 Å². The first-order valence-corrected chi connectivity index (χ1v) is 50.1. The molecule has 0 unspecified atom stereocenters. The van der Waals surface area contributed by atoms with Gasteiger partial charge in [-0.05, 0) is 230 Å². The molecule has 18 atom stereocenters. The summed E-state index contributed by atoms with van der Waals surface area (Å²) in [5, 5.41) is 57.5. The molecule has 141 heavy (non-hydrogen) atoms. The summed E-state index contributed by atoms with van der Waals surface area (Å²) in [5.74, 6) is -8.23. The summed E-state index contributed by atoms with van der Waals surface area (Å²) in [4.78, 5) is 194. The first kappa shape index (κ1) is 124. The molecule has 3 fully saturated rings. The van der Waals surface area contributed by atoms with Crippen LogP contribution in [0.25, 0.3) is 0 Å². The van der Waals surface area contributed by atoms with E-state index in [1.54, 1.807) is 160 Å². The van der Waals surface area contributed by atoms with E-state index in [-0.39, 0.29) is 44.2 Å². The maximum absolute atomic E-state index is 14.3. The number of nitrogens with zero attached hydrogens (tertiary/aromatic N) is 3. The predicted molar refractivity (Wildman–Crippen MR) is 535 cm³/mol. The second-order valence-corrected chi connectivity index (χ2v) is 40.1. The fraction of sp³-hybridized carbons (Fsp3) is 0.692. The number of carbonyl (C=O) groups is 14. The molecule has 3 aromatic rings. The number of rotatable bonds is 50. The van der Waals surface area contributed by atoms with Gasteiger partial charge in [0, 0.05) is 26.3 Å². The number of carboxylic acid groups (broad SMARTS) is 1. The van der Waals surface area contributed by atoms with E-state index in [1.165, 1.54) is 36.5 Å². The van der Waals surface area contributed by atoms with Crippen LogP contribution in [0, 0.1) is 35.5 Å². The zero-order valence-corrected chi connectivity index (χ0v) is 88.7. The molecule has 3 aromatic carbocycles. The van der Waals surface area contributed by atoms with Crippen LogP contribution in [0.1, 0.15) is 259 Å². The molecule has 12 N–H and O–H groups in total. The number of carbonyl (C=O) groups excluding carboxylic acids is 13. The van der Waals surface area contributed by atoms with Gasteiger partial charge in [-0.3, -0.25) is 52.8 Å². The molecule has 0 aliphatic carbocycles. The summed E-state index contributed by atoms with van der Waals surface area (Å²) in [6.07, 6.45) is -0.874. The summed E-state index contributed by atoms with van der Waals surface area (Å²) < 4.78 is 43.5. The molecule has 0 spiro atoms. The number of likely N-dealkylation sites (tertiary alicyclic amines) is 2. The molecule has 3 aliphatic rings. The number of esters is 3. The third-order valence-electron chi connectivity index (χ3n) is 24.4. The predicted octanol–water partition coefficient (Wildman–Crippen LogP) is 9.96. The standard InChI is InChI=1S/C53H82N6O12.C45H74N6O12.C4H8O.C2H6/c1-14-34(6)45(56-48(63)46(57-52(67)71-53(8,9)10)35(7)70-51(66)41(58(11)12)29-36-23-25-38(68-13)26-24-36)42(60)30-43(61)55-44(33(4)5)47(62)54-39(27-22-32(2)3)49(64)59-28-18-21-40(59)50(65)69-31-37-19-16-15-17-20-37;1-13-27(6)37(34(52)24-35(53)48-36(26(4)5)39(54)47-31(21-16-25(2)3)41(56)51-22-14-15-33(51)42(57)58)49-40(55)38(50-44(60)63-45(8,9)10)28(7)62-43(59)32(46-11)23-29-17-19-30(61-12)20-18-29;1-2-4-5-3-1;1-2/h15-17,19-20,23-26,32-35,39-42,44-46,60H,14,18,21-22,27-31H2,1-13H3,(H,54,62)(H,55,61)(H,56,63)(H,57,67);17-20,25-28,31-34,36-38,46,52H,13-16,21-24H2,1-12H3,(H,47,54)(H,48,53)(H,49,55)(H,50,60)(H,57,58);1-4H2;1-2H3/t34-,35+,39-,40-,41-,42-,44-,45+,46-;27-,28+,31-,32-,33-,34-,36-,37+,38-;;/m00../s1. The summed E-state index contributed by atoms with van der Waals surface area (Å²) in [7, 11) is 8.13. The van der Waals surface area contributed by atoms with Crippen molar-refractivity contribution in [2.24, 2.45) is 35.5 Å². The van der Waals surface area contributed by atoms with Crippen molar-refractivity contribution in [3.8, 4) is 11.5 Å². The van der Waals surface area contributed by atoms with E-state index in [9.17, 15) is 82.4 Å². The maximum Gasteiger partial charge on any atom is 0.408 e. The largest absolute Gasteiger partial charge is 0.497 e. The number of likely N-dealkylation sites (N-methyl/N-ethyl adjacent to an activating group) is 2. The Bertz CT molecular complexity index is 4340. The van der Waals surface area contributed by atoms with Crippen molar-refractivity contribution in [1.82, 2.24) is 62.6 Å². The molecule has 3 heterocycles. The average molecular weight is 1990 g/mol. The summed E-state index contributed by atoms with van der Waals surface area (Å²) in [5.41, 5.74) is 0.584. The topological polar surface area (TPSA) is 491 Å². The molecule has 0 bridgehead atoms. The van der Waals surface area contributed by atoms with Gasteiger partial charge in [0.2, 0.25) is 47.3 Å². The molecule has 3 saturated heterocycles. The quantitative estimate of drug-likeness (QED) is 0.0185. The van der Waals surface area contributed by atoms with Crippen molar-refractivity contribution in [2.75, 3.05) is 61.7 Å². The van der Waals surface area contributed by atoms with Crippen LogP contribution < -0.4 is 57.3 Å². The molecular weight excluding hydrogens is 1820 g/mol. The van der Waals surface area contributed by atoms with Crippen LogP contribution in [-0.4, -0.2) is 283 Å². The first-order chi connectivity index (χ1) is 66.3. The van der Waals surface area contributed by atoms with Crippen molar-refractivity contribution in [3.63, 3.8) is 0 Å². The molecule has 37 heteroatoms. The van der Waals surface area contributed by atoms with E-state index in [0.717, 1.165) is 29.9 Å². The highest BCUT2D eigenvalue weighted by Crippen LogP contribution is 2.28. The van der Waals surface area contributed by atoms with Crippen LogP contribution in [0.15, 0.2) is 78.9 Å². The lowest BCUT2D eigenvalue weighted by molar-refractivity contribution is -0.157. The maximum atomic E-state index is 14.3. The van der Waals surface area contributed by atoms with Gasteiger partial charge in [0.05, 0.1) is 51.4 Å². The normalized spacial score (nSPS) is 17.5. The molecule has 37 nitrogen and oxygen atoms in total. The van der Waals surface area contributed by atoms with Gasteiger partial charge in [-0.25, -0.2) is 19.2 Å². The van der Waals surface area contributed by atoms with Gasteiger partial charge in [-0.15, -0.1) is 0 Å². The Hall–Kier alpha value is -10.8. The number of hydrogen-bond donors (Lipinski definition) is 12. The van der Waals surface area contributed by atoms with Crippen molar-refractivity contribution >= 4 is 83.3 Å². The monoisotopic (exact) mass is 1990 g/mol. The Labute approximate surface area is 836 Å². The third-order valence-corrected chi connectivity index (χ3v) is 24.4. The van der Waals surface area contributed by atoms with E-state index < -0.39 is 228 Å². The van der Waals surface area contributed by atoms with Gasteiger partial charge in [-0.2, -0.15) is 0 Å². The van der Waals surface area contributed by atoms with Crippen LogP contribution in [-0.2, 0) is 105 Å². The minimum atomic E-state index is -1.50. The van der Waals surface area contributed by atoms with Gasteiger partial charge >= 0.3 is 36.1 Å². The zero-order chi connectivity index (χ0) is 106. The Balaban J connectivity index is 0.000000682. The molecule has 0 radical (unpaired) electrons. The number of aliphatic hydroxyl groups excluding tert-OH is 2. The van der Waals surface area contributed by atoms with Crippen LogP contribution >= 0.6 is 0 Å². The second-order valence-electron chi connectivity index (χ2n) is 40.1. The van der Waals surface area contributed by atoms with Crippen molar-refractivity contribution < 1.29 is 120 Å². The molecule has 0 aromatic heterocycles. The lowest BCUT2D eigenvalue weighted by Crippen LogP contribution is -2.60.